The number of benzene rings is 2. The summed E-state index contributed by atoms with van der Waals surface area (Å²) in [6.45, 7) is 1.13. The molecule has 3 aliphatic carbocycles. The predicted octanol–water partition coefficient (Wildman–Crippen LogP) is 13.5. The number of aromatic nitrogens is 9. The monoisotopic (exact) mass is 1730 g/mol. The molecule has 23 nitrogen and oxygen atoms in total. The van der Waals surface area contributed by atoms with Gasteiger partial charge in [0.15, 0.2) is 0 Å². The fraction of sp³-hybridized carbons (Fsp3) is 0.481. The zero-order valence-electron chi connectivity index (χ0n) is 63.9. The summed E-state index contributed by atoms with van der Waals surface area (Å²) in [6.07, 6.45) is 22.9. The first-order valence-corrected chi connectivity index (χ1v) is 40.7. The number of carboxylic acids is 3. The molecule has 3 atom stereocenters. The second-order valence-corrected chi connectivity index (χ2v) is 30.1. The molecule has 0 spiro atoms. The van der Waals surface area contributed by atoms with Crippen molar-refractivity contribution < 1.29 is 66.1 Å². The van der Waals surface area contributed by atoms with Crippen LogP contribution in [-0.2, 0) is 72.2 Å². The number of unbranched alkanes of at least 4 members (excludes halogenated alkanes) is 3. The van der Waals surface area contributed by atoms with E-state index in [1.54, 1.807) is 51.4 Å². The number of carboxylic acid groups (broad SMARTS) is 3. The Morgan fingerprint density at radius 2 is 0.842 bits per heavy atom. The van der Waals surface area contributed by atoms with E-state index in [9.17, 15) is 50.9 Å². The van der Waals surface area contributed by atoms with Crippen LogP contribution in [0.4, 0.5) is 38.0 Å². The summed E-state index contributed by atoms with van der Waals surface area (Å²) in [6, 6.07) is 27.9. The predicted molar refractivity (Wildman–Crippen MR) is 437 cm³/mol. The molecule has 0 aliphatic heterocycles. The van der Waals surface area contributed by atoms with Crippen LogP contribution in [0.3, 0.4) is 0 Å². The third-order valence-corrected chi connectivity index (χ3v) is 21.0. The van der Waals surface area contributed by atoms with Crippen molar-refractivity contribution >= 4 is 85.6 Å². The van der Waals surface area contributed by atoms with E-state index in [0.717, 1.165) is 123 Å². The first kappa shape index (κ1) is 93.0. The molecule has 0 saturated heterocycles. The summed E-state index contributed by atoms with van der Waals surface area (Å²) in [4.78, 5) is 77.3. The van der Waals surface area contributed by atoms with E-state index < -0.39 is 62.4 Å². The molecule has 0 bridgehead atoms. The highest BCUT2D eigenvalue weighted by molar-refractivity contribution is 9.11. The van der Waals surface area contributed by atoms with Crippen molar-refractivity contribution in [3.8, 4) is 11.1 Å². The van der Waals surface area contributed by atoms with Gasteiger partial charge in [0.2, 0.25) is 0 Å². The molecule has 2 aromatic carbocycles. The molecule has 0 radical (unpaired) electrons. The Morgan fingerprint density at radius 1 is 0.465 bits per heavy atom. The van der Waals surface area contributed by atoms with Crippen molar-refractivity contribution in [3.05, 3.63) is 200 Å². The number of rotatable bonds is 39. The molecular weight excluding hydrogens is 1630 g/mol. The van der Waals surface area contributed by atoms with Gasteiger partial charge in [-0.3, -0.25) is 34.4 Å². The van der Waals surface area contributed by atoms with E-state index >= 15 is 0 Å². The minimum Gasteiger partial charge on any atom is -0.480 e. The molecule has 3 aliphatic rings. The fourth-order valence-corrected chi connectivity index (χ4v) is 13.9. The Kier molecular flexibility index (Phi) is 42.1. The summed E-state index contributed by atoms with van der Waals surface area (Å²) >= 11 is 11.9. The quantitative estimate of drug-likeness (QED) is 0.00768. The van der Waals surface area contributed by atoms with Gasteiger partial charge in [-0.15, -0.1) is 0 Å². The van der Waals surface area contributed by atoms with E-state index in [1.807, 2.05) is 36.4 Å². The fourth-order valence-electron chi connectivity index (χ4n) is 13.2. The van der Waals surface area contributed by atoms with Gasteiger partial charge in [0.05, 0.1) is 28.6 Å². The van der Waals surface area contributed by atoms with Crippen molar-refractivity contribution in [3.63, 3.8) is 0 Å². The molecule has 114 heavy (non-hydrogen) atoms. The summed E-state index contributed by atoms with van der Waals surface area (Å²) in [5.41, 5.74) is 18.4. The Hall–Kier alpha value is -8.21. The van der Waals surface area contributed by atoms with E-state index in [1.165, 1.54) is 97.5 Å². The van der Waals surface area contributed by atoms with E-state index in [4.69, 9.17) is 47.4 Å². The van der Waals surface area contributed by atoms with E-state index in [0.29, 0.717) is 51.9 Å². The zero-order valence-corrected chi connectivity index (χ0v) is 67.8. The molecule has 0 amide bonds. The molecule has 9 N–H and O–H groups in total. The Labute approximate surface area is 684 Å². The van der Waals surface area contributed by atoms with Gasteiger partial charge >= 0.3 is 25.0 Å². The number of aryl methyl sites for hydroxylation is 9. The van der Waals surface area contributed by atoms with Crippen LogP contribution in [0.2, 0.25) is 5.15 Å². The van der Waals surface area contributed by atoms with Crippen LogP contribution in [0.15, 0.2) is 144 Å². The summed E-state index contributed by atoms with van der Waals surface area (Å²) in [7, 11) is -1.34. The number of aliphatic carboxylic acids is 3. The highest BCUT2D eigenvalue weighted by Gasteiger charge is 2.26. The number of fused-ring (bicyclic) bond motifs is 3. The lowest BCUT2D eigenvalue weighted by atomic mass is 9.81. The number of hydrogen-bond donors (Lipinski definition) is 8. The highest BCUT2D eigenvalue weighted by atomic mass is 79.9. The minimum absolute atomic E-state index is 0.159. The van der Waals surface area contributed by atoms with Gasteiger partial charge in [-0.2, -0.15) is 0 Å². The molecule has 0 fully saturated rings. The zero-order chi connectivity index (χ0) is 82.0. The second-order valence-electron chi connectivity index (χ2n) is 28.0. The lowest BCUT2D eigenvalue weighted by Crippen LogP contribution is -2.37. The normalized spacial score (nSPS) is 13.6. The average Bonchev–Trinajstić information content (AvgIpc) is 0.877. The summed E-state index contributed by atoms with van der Waals surface area (Å²) in [5, 5.41) is 51.6. The van der Waals surface area contributed by atoms with E-state index in [-0.39, 0.29) is 58.5 Å². The van der Waals surface area contributed by atoms with Gasteiger partial charge in [0, 0.05) is 78.0 Å². The van der Waals surface area contributed by atoms with Gasteiger partial charge in [-0.25, -0.2) is 65.8 Å². The number of nitrogens with one attached hydrogen (secondary N) is 2. The number of carbonyl (C=O) groups is 3. The maximum absolute atomic E-state index is 13.3. The van der Waals surface area contributed by atoms with Crippen LogP contribution in [0.5, 0.6) is 0 Å². The lowest BCUT2D eigenvalue weighted by molar-refractivity contribution is -0.139. The van der Waals surface area contributed by atoms with Crippen LogP contribution in [0.25, 0.3) is 11.1 Å². The molecule has 0 unspecified atom stereocenters. The number of nitrogens with two attached hydrogens (primary N) is 1. The summed E-state index contributed by atoms with van der Waals surface area (Å²) < 4.78 is 79.4. The third kappa shape index (κ3) is 35.1. The molecule has 6 heterocycles. The second kappa shape index (κ2) is 51.7. The maximum Gasteiger partial charge on any atom is 0.488 e. The minimum atomic E-state index is -2.49. The number of nitrogens with zero attached hydrogens (tertiary/aromatic N) is 12. The van der Waals surface area contributed by atoms with Crippen molar-refractivity contribution in [2.75, 3.05) is 69.5 Å². The van der Waals surface area contributed by atoms with Gasteiger partial charge in [0.25, 0.3) is 19.3 Å². The van der Waals surface area contributed by atoms with Crippen LogP contribution in [0.1, 0.15) is 147 Å². The van der Waals surface area contributed by atoms with Crippen LogP contribution < -0.4 is 21.8 Å². The van der Waals surface area contributed by atoms with Crippen LogP contribution in [-0.4, -0.2) is 206 Å². The Morgan fingerprint density at radius 3 is 1.21 bits per heavy atom. The number of halogens is 9. The van der Waals surface area contributed by atoms with Crippen LogP contribution >= 0.6 is 43.5 Å². The molecule has 6 aromatic heterocycles. The first-order chi connectivity index (χ1) is 55.0. The average molecular weight is 1730 g/mol. The van der Waals surface area contributed by atoms with Crippen molar-refractivity contribution in [2.45, 2.75) is 192 Å². The largest absolute Gasteiger partial charge is 0.488 e. The number of hydrogen-bond acceptors (Lipinski definition) is 20. The lowest BCUT2D eigenvalue weighted by Gasteiger charge is -2.24. The summed E-state index contributed by atoms with van der Waals surface area (Å²) in [5.74, 6) is -2.46. The molecule has 11 rings (SSSR count). The van der Waals surface area contributed by atoms with Crippen molar-refractivity contribution in [1.82, 2.24) is 59.6 Å². The van der Waals surface area contributed by atoms with Gasteiger partial charge in [-0.1, -0.05) is 90.5 Å². The van der Waals surface area contributed by atoms with Crippen molar-refractivity contribution in [1.29, 1.82) is 0 Å². The maximum atomic E-state index is 13.3. The van der Waals surface area contributed by atoms with Gasteiger partial charge < -0.3 is 41.7 Å². The number of pyridine rings is 3. The van der Waals surface area contributed by atoms with Gasteiger partial charge in [0.1, 0.15) is 53.9 Å². The topological polar surface area (TPSA) is 328 Å². The van der Waals surface area contributed by atoms with Crippen molar-refractivity contribution in [2.24, 2.45) is 5.73 Å². The van der Waals surface area contributed by atoms with Crippen LogP contribution in [0, 0.1) is 0 Å². The standard InChI is InChI=1S/C29H35F2N5O2.C23H30BrF2N5O2.C19H29F2N3O2.C6H7BO2.C4H2BrClN2/c30-27(31)19-36(16-7-6-11-23-14-13-22-10-4-5-12-25(22)34-23)17-15-26(29(37)38)35-28-24(18-32-20-33-28)21-8-2-1-3-9-21;24-18-13-27-15-28-22(18)30-20(23(32)33)10-12-31(14-21(25)26)11-4-3-6-17-9-8-16-5-1-2-7-19(16)29-17;20-18(21)13-24(12-10-16(22)19(25)26)11-4-3-6-15-9-8-14-5-1-2-7-17(14)23-15;8-7(9)6-4-2-1-3-5-6;5-3-1-7-2-8-4(3)6/h1-3,8-9,13-14,18,20,26-27H,4-7,10-12,15-17,19H2,(H,37,38)(H,32,33,35);8-9,13,15,20-21H,1-7,10-12,14H2,(H,32,33)(H,27,28,30);8-9,16,18H,1-7,10-13,22H2,(H,25,26);1-5,8-9H;1-2H/t26-;20-;16-;;/m000../s1. The molecule has 616 valence electrons. The highest BCUT2D eigenvalue weighted by Crippen LogP contribution is 2.28. The van der Waals surface area contributed by atoms with Gasteiger partial charge in [-0.05, 0) is 252 Å². The third-order valence-electron chi connectivity index (χ3n) is 19.3. The molecular formula is C81H103BBr2ClF6N15O8. The first-order valence-electron chi connectivity index (χ1n) is 38.7. The molecule has 33 heteroatoms. The Balaban J connectivity index is 0.000000216. The Bertz CT molecular complexity index is 4140. The smallest absolute Gasteiger partial charge is 0.480 e. The van der Waals surface area contributed by atoms with E-state index in [2.05, 4.69) is 109 Å². The number of anilines is 2. The number of alkyl halides is 6. The molecule has 8 aromatic rings. The molecule has 0 saturated carbocycles. The SMILES string of the molecule is Clc1ncncc1Br.N[C@@H](CCN(CCCCc1ccc2c(n1)CCCC2)CC(F)F)C(=O)O.O=C(O)[C@H](CCN(CCCCc1ccc2c(n1)CCCC2)CC(F)F)Nc1ncncc1-c1ccccc1.O=C(O)[C@H](CCN(CCCCc1ccc2c(n1)CCCC2)CC(F)F)Nc1ncncc1Br.OB(O)c1ccccc1.